The Bertz CT molecular complexity index is 1250. The van der Waals surface area contributed by atoms with Crippen LogP contribution in [-0.2, 0) is 22.5 Å². The molecule has 2 aromatic carbocycles. The third-order valence-electron chi connectivity index (χ3n) is 7.11. The van der Waals surface area contributed by atoms with Gasteiger partial charge in [0.15, 0.2) is 11.5 Å². The number of nitrogens with zero attached hydrogens (tertiary/aromatic N) is 3. The molecule has 9 nitrogen and oxygen atoms in total. The van der Waals surface area contributed by atoms with Crippen molar-refractivity contribution in [2.45, 2.75) is 19.4 Å². The van der Waals surface area contributed by atoms with Crippen LogP contribution in [0.15, 0.2) is 65.3 Å². The predicted molar refractivity (Wildman–Crippen MR) is 152 cm³/mol. The van der Waals surface area contributed by atoms with Crippen molar-refractivity contribution in [2.75, 3.05) is 66.7 Å². The maximum absolute atomic E-state index is 13.7. The average Bonchev–Trinajstić information content (AvgIpc) is 3.52. The molecule has 4 rings (SSSR count). The molecule has 0 unspecified atom stereocenters. The van der Waals surface area contributed by atoms with Crippen LogP contribution in [-0.4, -0.2) is 93.2 Å². The van der Waals surface area contributed by atoms with Gasteiger partial charge in [-0.25, -0.2) is 4.39 Å². The van der Waals surface area contributed by atoms with Gasteiger partial charge >= 0.3 is 0 Å². The molecule has 0 saturated carbocycles. The standard InChI is InChI=1S/C31H38FN3O6/c1-38-28-11-6-24(21-29(28)39-2)12-15-34(22-27-5-3-18-41-27)30(36)23-35(14-4-13-33-16-19-40-20-17-33)31(37)25-7-9-26(32)10-8-25/h3,5-11,18,21H,4,12-17,19-20,22-23H2,1-2H3. The molecule has 1 aliphatic rings. The van der Waals surface area contributed by atoms with E-state index in [1.54, 1.807) is 36.3 Å². The fourth-order valence-corrected chi connectivity index (χ4v) is 4.78. The summed E-state index contributed by atoms with van der Waals surface area (Å²) in [5, 5.41) is 0. The molecule has 2 amide bonds. The van der Waals surface area contributed by atoms with Gasteiger partial charge in [0.1, 0.15) is 18.1 Å². The molecule has 0 radical (unpaired) electrons. The first-order valence-corrected chi connectivity index (χ1v) is 13.8. The first-order valence-electron chi connectivity index (χ1n) is 13.8. The molecule has 1 aliphatic heterocycles. The van der Waals surface area contributed by atoms with E-state index < -0.39 is 5.82 Å². The Morgan fingerprint density at radius 3 is 2.39 bits per heavy atom. The van der Waals surface area contributed by atoms with E-state index in [-0.39, 0.29) is 24.9 Å². The topological polar surface area (TPSA) is 84.7 Å². The Labute approximate surface area is 240 Å². The van der Waals surface area contributed by atoms with Crippen LogP contribution in [0.3, 0.4) is 0 Å². The number of morpholine rings is 1. The molecule has 0 aliphatic carbocycles. The Morgan fingerprint density at radius 2 is 1.71 bits per heavy atom. The highest BCUT2D eigenvalue weighted by molar-refractivity contribution is 5.96. The Morgan fingerprint density at radius 1 is 0.951 bits per heavy atom. The lowest BCUT2D eigenvalue weighted by Crippen LogP contribution is -2.44. The lowest BCUT2D eigenvalue weighted by atomic mass is 10.1. The minimum atomic E-state index is -0.420. The highest BCUT2D eigenvalue weighted by Gasteiger charge is 2.24. The van der Waals surface area contributed by atoms with E-state index in [1.807, 2.05) is 24.3 Å². The smallest absolute Gasteiger partial charge is 0.254 e. The zero-order chi connectivity index (χ0) is 29.0. The molecule has 10 heteroatoms. The van der Waals surface area contributed by atoms with Crippen molar-refractivity contribution in [1.82, 2.24) is 14.7 Å². The van der Waals surface area contributed by atoms with Crippen LogP contribution >= 0.6 is 0 Å². The number of benzene rings is 2. The fraction of sp³-hybridized carbons (Fsp3) is 0.419. The average molecular weight is 568 g/mol. The van der Waals surface area contributed by atoms with Gasteiger partial charge in [-0.05, 0) is 66.9 Å². The molecule has 0 spiro atoms. The zero-order valence-electron chi connectivity index (χ0n) is 23.7. The maximum Gasteiger partial charge on any atom is 0.254 e. The van der Waals surface area contributed by atoms with Gasteiger partial charge in [0.2, 0.25) is 5.91 Å². The lowest BCUT2D eigenvalue weighted by molar-refractivity contribution is -0.132. The van der Waals surface area contributed by atoms with Gasteiger partial charge in [-0.3, -0.25) is 14.5 Å². The summed E-state index contributed by atoms with van der Waals surface area (Å²) in [4.78, 5) is 32.8. The second-order valence-corrected chi connectivity index (χ2v) is 9.88. The van der Waals surface area contributed by atoms with Crippen molar-refractivity contribution in [3.63, 3.8) is 0 Å². The molecule has 1 aromatic heterocycles. The molecule has 0 bridgehead atoms. The number of furan rings is 1. The van der Waals surface area contributed by atoms with Crippen LogP contribution in [0.2, 0.25) is 0 Å². The first kappa shape index (κ1) is 30.1. The largest absolute Gasteiger partial charge is 0.493 e. The summed E-state index contributed by atoms with van der Waals surface area (Å²) in [7, 11) is 3.17. The van der Waals surface area contributed by atoms with E-state index in [0.717, 1.165) is 25.2 Å². The molecule has 0 atom stereocenters. The fourth-order valence-electron chi connectivity index (χ4n) is 4.78. The van der Waals surface area contributed by atoms with E-state index in [0.29, 0.717) is 62.0 Å². The number of methoxy groups -OCH3 is 2. The number of hydrogen-bond donors (Lipinski definition) is 0. The second-order valence-electron chi connectivity index (χ2n) is 9.88. The van der Waals surface area contributed by atoms with Crippen LogP contribution in [0.1, 0.15) is 28.1 Å². The Kier molecular flexibility index (Phi) is 11.2. The van der Waals surface area contributed by atoms with Crippen molar-refractivity contribution in [1.29, 1.82) is 0 Å². The summed E-state index contributed by atoms with van der Waals surface area (Å²) in [6.45, 7) is 4.83. The van der Waals surface area contributed by atoms with Gasteiger partial charge in [-0.2, -0.15) is 0 Å². The molecule has 2 heterocycles. The summed E-state index contributed by atoms with van der Waals surface area (Å²) in [5.74, 6) is 0.963. The molecule has 1 saturated heterocycles. The Hall–Kier alpha value is -3.89. The first-order chi connectivity index (χ1) is 20.0. The summed E-state index contributed by atoms with van der Waals surface area (Å²) >= 11 is 0. The number of rotatable bonds is 14. The van der Waals surface area contributed by atoms with Gasteiger partial charge in [-0.15, -0.1) is 0 Å². The summed E-state index contributed by atoms with van der Waals surface area (Å²) in [6, 6.07) is 14.7. The monoisotopic (exact) mass is 567 g/mol. The van der Waals surface area contributed by atoms with Crippen LogP contribution in [0.25, 0.3) is 0 Å². The second kappa shape index (κ2) is 15.2. The van der Waals surface area contributed by atoms with Gasteiger partial charge in [-0.1, -0.05) is 6.07 Å². The zero-order valence-corrected chi connectivity index (χ0v) is 23.7. The molecule has 41 heavy (non-hydrogen) atoms. The highest BCUT2D eigenvalue weighted by Crippen LogP contribution is 2.28. The molecule has 1 fully saturated rings. The minimum Gasteiger partial charge on any atom is -0.493 e. The number of hydrogen-bond acceptors (Lipinski definition) is 7. The van der Waals surface area contributed by atoms with Crippen molar-refractivity contribution in [3.8, 4) is 11.5 Å². The Balaban J connectivity index is 1.47. The number of ether oxygens (including phenoxy) is 3. The maximum atomic E-state index is 13.7. The molecule has 0 N–H and O–H groups in total. The number of amides is 2. The molecular weight excluding hydrogens is 529 g/mol. The molecule has 3 aromatic rings. The van der Waals surface area contributed by atoms with Crippen molar-refractivity contribution >= 4 is 11.8 Å². The van der Waals surface area contributed by atoms with Crippen molar-refractivity contribution in [2.24, 2.45) is 0 Å². The van der Waals surface area contributed by atoms with Crippen LogP contribution in [0.5, 0.6) is 11.5 Å². The third-order valence-corrected chi connectivity index (χ3v) is 7.11. The van der Waals surface area contributed by atoms with E-state index in [4.69, 9.17) is 18.6 Å². The summed E-state index contributed by atoms with van der Waals surface area (Å²) < 4.78 is 35.3. The van der Waals surface area contributed by atoms with Gasteiger partial charge in [0.05, 0.1) is 40.2 Å². The summed E-state index contributed by atoms with van der Waals surface area (Å²) in [6.07, 6.45) is 2.84. The van der Waals surface area contributed by atoms with E-state index in [2.05, 4.69) is 4.90 Å². The quantitative estimate of drug-likeness (QED) is 0.292. The van der Waals surface area contributed by atoms with Crippen LogP contribution < -0.4 is 9.47 Å². The number of carbonyl (C=O) groups excluding carboxylic acids is 2. The van der Waals surface area contributed by atoms with Gasteiger partial charge < -0.3 is 28.4 Å². The normalized spacial score (nSPS) is 13.5. The third kappa shape index (κ3) is 8.80. The summed E-state index contributed by atoms with van der Waals surface area (Å²) in [5.41, 5.74) is 1.32. The van der Waals surface area contributed by atoms with E-state index in [1.165, 1.54) is 24.3 Å². The minimum absolute atomic E-state index is 0.105. The lowest BCUT2D eigenvalue weighted by Gasteiger charge is -2.30. The van der Waals surface area contributed by atoms with Crippen LogP contribution in [0, 0.1) is 5.82 Å². The molecular formula is C31H38FN3O6. The number of halogens is 1. The molecule has 220 valence electrons. The van der Waals surface area contributed by atoms with Crippen LogP contribution in [0.4, 0.5) is 4.39 Å². The van der Waals surface area contributed by atoms with Crippen molar-refractivity contribution < 1.29 is 32.6 Å². The van der Waals surface area contributed by atoms with Gasteiger partial charge in [0.25, 0.3) is 5.91 Å². The predicted octanol–water partition coefficient (Wildman–Crippen LogP) is 3.87. The van der Waals surface area contributed by atoms with Gasteiger partial charge in [0, 0.05) is 38.3 Å². The van der Waals surface area contributed by atoms with Crippen molar-refractivity contribution in [3.05, 3.63) is 83.6 Å². The van der Waals surface area contributed by atoms with E-state index in [9.17, 15) is 14.0 Å². The van der Waals surface area contributed by atoms with E-state index >= 15 is 0 Å². The SMILES string of the molecule is COc1ccc(CCN(Cc2ccco2)C(=O)CN(CCCN2CCOCC2)C(=O)c2ccc(F)cc2)cc1OC. The highest BCUT2D eigenvalue weighted by atomic mass is 19.1. The number of carbonyl (C=O) groups is 2.